The third kappa shape index (κ3) is 39.4. The zero-order valence-electron chi connectivity index (χ0n) is 66.1. The van der Waals surface area contributed by atoms with Crippen molar-refractivity contribution in [3.05, 3.63) is 108 Å². The quantitative estimate of drug-likeness (QED) is 0.0142. The highest BCUT2D eigenvalue weighted by Gasteiger charge is 2.37. The summed E-state index contributed by atoms with van der Waals surface area (Å²) in [5, 5.41) is 54.0. The number of primary amides is 2. The molecule has 31 N–H and O–H groups in total. The molecule has 0 saturated heterocycles. The Bertz CT molecular complexity index is 3690. The van der Waals surface area contributed by atoms with Crippen molar-refractivity contribution in [3.63, 3.8) is 0 Å². The van der Waals surface area contributed by atoms with E-state index in [1.54, 1.807) is 119 Å². The van der Waals surface area contributed by atoms with Gasteiger partial charge in [-0.25, -0.2) is 0 Å². The van der Waals surface area contributed by atoms with Crippen molar-refractivity contribution in [2.75, 3.05) is 45.8 Å². The van der Waals surface area contributed by atoms with Crippen molar-refractivity contribution in [2.45, 2.75) is 204 Å². The molecule has 0 saturated carbocycles. The second-order valence-corrected chi connectivity index (χ2v) is 28.3. The lowest BCUT2D eigenvalue weighted by atomic mass is 9.96. The molecule has 0 fully saturated rings. The lowest BCUT2D eigenvalue weighted by Gasteiger charge is -2.29. The van der Waals surface area contributed by atoms with Crippen LogP contribution in [-0.2, 0) is 91.2 Å². The first-order valence-corrected chi connectivity index (χ1v) is 38.5. The van der Waals surface area contributed by atoms with Gasteiger partial charge >= 0.3 is 0 Å². The minimum atomic E-state index is -1.60. The standard InChI is InChI=1S/C76H120N24O15/c1-6-45(4)63(74(115)95-54(31-21-35-87-76(84)85)69(110)98-56(66(107)89-41-60(81)102)38-48-24-12-8-13-25-48)100-70(111)51(28-16-18-32-77)92-62(104)43-88-61(103)42-90-64(105)46(5)91-67(108)52(29-17-19-33-78)93-71(112)55(36-44(2)3)97-68(109)53(30-20-34-86-75(82)83)94-72(113)57(39-49-26-14-9-15-27-49)99-73(114)58(40-59(80)101)96-65(106)50(79)37-47-22-10-7-11-23-47/h7-15,22-27,44-46,50-58,63H,6,16-21,28-43,77-79H2,1-5H3,(H2,80,101)(H2,81,102)(H,88,103)(H,89,107)(H,90,105)(H,91,108)(H,92,104)(H,93,112)(H,94,113)(H,95,115)(H,96,106)(H,97,109)(H,98,110)(H,99,114)(H,100,111)(H4,82,83,86)(H4,84,85,87)/t45-,46-,50-,51-,52-,53-,54-,55-,56-,57-,58-,63-/m0/s1. The Morgan fingerprint density at radius 3 is 1.18 bits per heavy atom. The third-order valence-corrected chi connectivity index (χ3v) is 18.1. The number of carbonyl (C=O) groups is 15. The van der Waals surface area contributed by atoms with Crippen molar-refractivity contribution >= 4 is 101 Å². The number of hydrogen-bond acceptors (Lipinski definition) is 20. The molecule has 0 aliphatic heterocycles. The molecule has 0 aliphatic rings. The maximum atomic E-state index is 14.6. The molecule has 12 atom stereocenters. The number of carbonyl (C=O) groups excluding carboxylic acids is 15. The average molecular weight is 1610 g/mol. The first-order valence-electron chi connectivity index (χ1n) is 38.5. The van der Waals surface area contributed by atoms with Gasteiger partial charge in [-0.1, -0.05) is 125 Å². The van der Waals surface area contributed by atoms with Crippen LogP contribution in [0.3, 0.4) is 0 Å². The van der Waals surface area contributed by atoms with Gasteiger partial charge in [-0.2, -0.15) is 0 Å². The predicted octanol–water partition coefficient (Wildman–Crippen LogP) is -5.50. The Balaban J connectivity index is 1.77. The van der Waals surface area contributed by atoms with Crippen LogP contribution in [0.1, 0.15) is 135 Å². The second kappa shape index (κ2) is 53.2. The minimum Gasteiger partial charge on any atom is -0.370 e. The van der Waals surface area contributed by atoms with E-state index >= 15 is 0 Å². The first-order chi connectivity index (χ1) is 54.6. The van der Waals surface area contributed by atoms with Crippen LogP contribution in [0.2, 0.25) is 0 Å². The van der Waals surface area contributed by atoms with Crippen LogP contribution in [0.25, 0.3) is 0 Å². The summed E-state index contributed by atoms with van der Waals surface area (Å²) in [4.78, 5) is 206. The Hall–Kier alpha value is -11.9. The number of nitrogens with two attached hydrogens (primary N) is 7. The molecule has 3 aromatic rings. The summed E-state index contributed by atoms with van der Waals surface area (Å²) in [6.45, 7) is 6.92. The van der Waals surface area contributed by atoms with E-state index in [2.05, 4.69) is 79.8 Å². The van der Waals surface area contributed by atoms with Crippen LogP contribution in [-0.4, -0.2) is 213 Å². The molecule has 0 aromatic heterocycles. The van der Waals surface area contributed by atoms with E-state index in [-0.39, 0.29) is 108 Å². The second-order valence-electron chi connectivity index (χ2n) is 28.3. The number of amides is 15. The van der Waals surface area contributed by atoms with Gasteiger partial charge in [0.25, 0.3) is 0 Å². The van der Waals surface area contributed by atoms with Gasteiger partial charge in [-0.05, 0) is 126 Å². The number of nitrogens with one attached hydrogen (secondary N) is 17. The van der Waals surface area contributed by atoms with Crippen molar-refractivity contribution in [2.24, 2.45) is 52.0 Å². The zero-order valence-corrected chi connectivity index (χ0v) is 66.1. The van der Waals surface area contributed by atoms with E-state index in [1.165, 1.54) is 6.92 Å². The van der Waals surface area contributed by atoms with Crippen LogP contribution >= 0.6 is 0 Å². The van der Waals surface area contributed by atoms with Crippen molar-refractivity contribution in [1.29, 1.82) is 10.8 Å². The number of rotatable bonds is 55. The van der Waals surface area contributed by atoms with E-state index in [0.717, 1.165) is 5.56 Å². The van der Waals surface area contributed by atoms with E-state index in [9.17, 15) is 71.9 Å². The summed E-state index contributed by atoms with van der Waals surface area (Å²) >= 11 is 0. The highest BCUT2D eigenvalue weighted by Crippen LogP contribution is 2.15. The predicted molar refractivity (Wildman–Crippen MR) is 428 cm³/mol. The van der Waals surface area contributed by atoms with Crippen LogP contribution in [0.5, 0.6) is 0 Å². The largest absolute Gasteiger partial charge is 0.370 e. The Morgan fingerprint density at radius 2 is 0.730 bits per heavy atom. The molecule has 3 aromatic carbocycles. The van der Waals surface area contributed by atoms with Crippen LogP contribution < -0.4 is 120 Å². The molecule has 115 heavy (non-hydrogen) atoms. The normalized spacial score (nSPS) is 14.1. The van der Waals surface area contributed by atoms with Crippen LogP contribution in [0, 0.1) is 22.7 Å². The van der Waals surface area contributed by atoms with E-state index < -0.39 is 187 Å². The highest BCUT2D eigenvalue weighted by atomic mass is 16.2. The third-order valence-electron chi connectivity index (χ3n) is 18.1. The SMILES string of the molecule is CC[C@H](C)[C@H](NC(=O)[C@H](CCCCN)NC(=O)CNC(=O)CNC(=O)[C@H](C)NC(=O)[C@H](CCCCN)NC(=O)[C@H](CC(C)C)NC(=O)[C@H](CCCNC(=N)N)NC(=O)[C@H](Cc1ccccc1)NC(=O)[C@H](CC(N)=O)NC(=O)[C@@H](N)Cc1ccccc1)C(=O)N[C@@H](CCCNC(=N)N)C(=O)N[C@@H](Cc1ccccc1)C(=O)NCC(N)=O. The monoisotopic (exact) mass is 1610 g/mol. The summed E-state index contributed by atoms with van der Waals surface area (Å²) in [5.41, 5.74) is 41.5. The lowest BCUT2D eigenvalue weighted by Crippen LogP contribution is -2.60. The molecular formula is C76H120N24O15. The number of guanidine groups is 2. The molecule has 0 radical (unpaired) electrons. The number of hydrogen-bond donors (Lipinski definition) is 24. The molecule has 0 aliphatic carbocycles. The maximum absolute atomic E-state index is 14.6. The van der Waals surface area contributed by atoms with Gasteiger partial charge in [-0.3, -0.25) is 82.7 Å². The number of benzene rings is 3. The van der Waals surface area contributed by atoms with Crippen LogP contribution in [0.4, 0.5) is 0 Å². The zero-order chi connectivity index (χ0) is 85.5. The summed E-state index contributed by atoms with van der Waals surface area (Å²) in [6.07, 6.45) is 1.12. The molecular weight excluding hydrogens is 1490 g/mol. The molecule has 39 nitrogen and oxygen atoms in total. The van der Waals surface area contributed by atoms with Gasteiger partial charge in [0.2, 0.25) is 88.6 Å². The highest BCUT2D eigenvalue weighted by molar-refractivity contribution is 6.00. The molecule has 634 valence electrons. The fourth-order valence-electron chi connectivity index (χ4n) is 11.7. The summed E-state index contributed by atoms with van der Waals surface area (Å²) in [6, 6.07) is 11.0. The van der Waals surface area contributed by atoms with E-state index in [4.69, 9.17) is 51.0 Å². The topological polar surface area (TPSA) is 666 Å². The molecule has 0 heterocycles. The molecule has 15 amide bonds. The minimum absolute atomic E-state index is 0.00710. The Kier molecular flexibility index (Phi) is 45.0. The van der Waals surface area contributed by atoms with Gasteiger partial charge in [0.1, 0.15) is 60.4 Å². The maximum Gasteiger partial charge on any atom is 0.243 e. The summed E-state index contributed by atoms with van der Waals surface area (Å²) in [7, 11) is 0. The summed E-state index contributed by atoms with van der Waals surface area (Å²) in [5.74, 6) is -14.4. The van der Waals surface area contributed by atoms with Gasteiger partial charge in [0.05, 0.1) is 32.1 Å². The van der Waals surface area contributed by atoms with Crippen LogP contribution in [0.15, 0.2) is 91.0 Å². The summed E-state index contributed by atoms with van der Waals surface area (Å²) < 4.78 is 0. The molecule has 0 bridgehead atoms. The van der Waals surface area contributed by atoms with Gasteiger partial charge in [0, 0.05) is 25.9 Å². The Morgan fingerprint density at radius 1 is 0.357 bits per heavy atom. The molecule has 0 spiro atoms. The molecule has 39 heteroatoms. The van der Waals surface area contributed by atoms with E-state index in [0.29, 0.717) is 43.2 Å². The first kappa shape index (κ1) is 97.3. The molecule has 0 unspecified atom stereocenters. The fourth-order valence-corrected chi connectivity index (χ4v) is 11.7. The van der Waals surface area contributed by atoms with E-state index in [1.807, 2.05) is 0 Å². The van der Waals surface area contributed by atoms with Crippen molar-refractivity contribution < 1.29 is 71.9 Å². The smallest absolute Gasteiger partial charge is 0.243 e. The fraction of sp³-hybridized carbons (Fsp3) is 0.539. The lowest BCUT2D eigenvalue weighted by molar-refractivity contribution is -0.136. The average Bonchev–Trinajstić information content (AvgIpc) is 0.851. The number of unbranched alkanes of at least 4 members (excludes halogenated alkanes) is 2. The Labute approximate surface area is 669 Å². The van der Waals surface area contributed by atoms with Gasteiger partial charge in [-0.15, -0.1) is 0 Å². The van der Waals surface area contributed by atoms with Gasteiger partial charge < -0.3 is 120 Å². The van der Waals surface area contributed by atoms with Gasteiger partial charge in [0.15, 0.2) is 11.9 Å². The molecule has 3 rings (SSSR count). The van der Waals surface area contributed by atoms with Crippen molar-refractivity contribution in [3.8, 4) is 0 Å². The van der Waals surface area contributed by atoms with Crippen molar-refractivity contribution in [1.82, 2.24) is 79.8 Å².